The maximum Gasteiger partial charge on any atom is 0.0674 e. The molecule has 0 radical (unpaired) electrons. The van der Waals surface area contributed by atoms with Gasteiger partial charge in [-0.15, -0.1) is 11.6 Å². The number of aromatic nitrogens is 2. The van der Waals surface area contributed by atoms with Crippen LogP contribution in [0.5, 0.6) is 0 Å². The Morgan fingerprint density at radius 1 is 1.19 bits per heavy atom. The number of benzene rings is 1. The number of nitrogens with zero attached hydrogens (tertiary/aromatic N) is 2. The molecule has 0 fully saturated rings. The van der Waals surface area contributed by atoms with E-state index in [4.69, 9.17) is 11.6 Å². The molecule has 1 aromatic heterocycles. The molecular weight excluding hydrogens is 220 g/mol. The molecule has 0 aliphatic carbocycles. The molecule has 1 heterocycles. The number of para-hydroxylation sites is 1. The van der Waals surface area contributed by atoms with E-state index in [0.717, 1.165) is 17.8 Å². The van der Waals surface area contributed by atoms with Gasteiger partial charge in [-0.2, -0.15) is 5.10 Å². The van der Waals surface area contributed by atoms with Crippen molar-refractivity contribution in [1.82, 2.24) is 9.78 Å². The summed E-state index contributed by atoms with van der Waals surface area (Å²) in [7, 11) is 0. The van der Waals surface area contributed by atoms with Crippen molar-refractivity contribution in [2.45, 2.75) is 20.3 Å². The van der Waals surface area contributed by atoms with Gasteiger partial charge in [0.15, 0.2) is 0 Å². The summed E-state index contributed by atoms with van der Waals surface area (Å²) in [4.78, 5) is 0. The summed E-state index contributed by atoms with van der Waals surface area (Å²) in [6.07, 6.45) is 2.89. The summed E-state index contributed by atoms with van der Waals surface area (Å²) < 4.78 is 1.94. The van der Waals surface area contributed by atoms with Gasteiger partial charge >= 0.3 is 0 Å². The minimum atomic E-state index is 0.617. The Bertz CT molecular complexity index is 488. The first-order valence-corrected chi connectivity index (χ1v) is 5.93. The van der Waals surface area contributed by atoms with Crippen LogP contribution in [0.3, 0.4) is 0 Å². The van der Waals surface area contributed by atoms with Crippen LogP contribution in [0.15, 0.2) is 30.5 Å². The third-order valence-corrected chi connectivity index (χ3v) is 2.88. The molecule has 0 unspecified atom stereocenters. The van der Waals surface area contributed by atoms with Crippen molar-refractivity contribution in [3.63, 3.8) is 0 Å². The maximum atomic E-state index is 5.75. The van der Waals surface area contributed by atoms with Crippen molar-refractivity contribution in [3.8, 4) is 5.69 Å². The van der Waals surface area contributed by atoms with Gasteiger partial charge in [-0.25, -0.2) is 4.68 Å². The normalized spacial score (nSPS) is 10.7. The Kier molecular flexibility index (Phi) is 3.30. The van der Waals surface area contributed by atoms with E-state index in [2.05, 4.69) is 37.3 Å². The lowest BCUT2D eigenvalue weighted by Gasteiger charge is -2.04. The summed E-state index contributed by atoms with van der Waals surface area (Å²) in [5.41, 5.74) is 4.64. The fraction of sp³-hybridized carbons (Fsp3) is 0.308. The zero-order valence-corrected chi connectivity index (χ0v) is 10.3. The third-order valence-electron chi connectivity index (χ3n) is 2.69. The molecule has 0 saturated heterocycles. The highest BCUT2D eigenvalue weighted by Crippen LogP contribution is 2.15. The van der Waals surface area contributed by atoms with Crippen LogP contribution in [-0.2, 0) is 6.42 Å². The highest BCUT2D eigenvalue weighted by Gasteiger charge is 2.06. The first-order valence-electron chi connectivity index (χ1n) is 5.39. The van der Waals surface area contributed by atoms with Crippen LogP contribution in [0.4, 0.5) is 0 Å². The number of aryl methyl sites for hydroxylation is 3. The van der Waals surface area contributed by atoms with Gasteiger partial charge in [0.05, 0.1) is 11.4 Å². The predicted molar refractivity (Wildman–Crippen MR) is 67.5 cm³/mol. The number of halogens is 1. The Hall–Kier alpha value is -1.28. The molecule has 2 nitrogen and oxygen atoms in total. The average molecular weight is 235 g/mol. The van der Waals surface area contributed by atoms with Crippen molar-refractivity contribution in [3.05, 3.63) is 47.3 Å². The van der Waals surface area contributed by atoms with Crippen LogP contribution < -0.4 is 0 Å². The molecule has 16 heavy (non-hydrogen) atoms. The van der Waals surface area contributed by atoms with E-state index in [1.165, 1.54) is 11.1 Å². The molecular formula is C13H15ClN2. The quantitative estimate of drug-likeness (QED) is 0.746. The Morgan fingerprint density at radius 3 is 2.62 bits per heavy atom. The van der Waals surface area contributed by atoms with Crippen LogP contribution in [0, 0.1) is 13.8 Å². The second-order valence-corrected chi connectivity index (χ2v) is 4.31. The Morgan fingerprint density at radius 2 is 1.94 bits per heavy atom. The van der Waals surface area contributed by atoms with Crippen LogP contribution in [-0.4, -0.2) is 15.7 Å². The van der Waals surface area contributed by atoms with E-state index in [1.807, 2.05) is 16.8 Å². The minimum Gasteiger partial charge on any atom is -0.240 e. The molecule has 0 N–H and O–H groups in total. The average Bonchev–Trinajstić information content (AvgIpc) is 2.61. The molecule has 0 atom stereocenters. The molecule has 0 spiro atoms. The number of hydrogen-bond acceptors (Lipinski definition) is 1. The lowest BCUT2D eigenvalue weighted by atomic mass is 10.2. The van der Waals surface area contributed by atoms with Crippen LogP contribution in [0.25, 0.3) is 5.69 Å². The Balaban J connectivity index is 2.42. The third kappa shape index (κ3) is 2.12. The van der Waals surface area contributed by atoms with Crippen LogP contribution in [0.1, 0.15) is 16.8 Å². The SMILES string of the molecule is Cc1ccccc1-n1cc(C)c(CCCl)n1. The van der Waals surface area contributed by atoms with Crippen molar-refractivity contribution in [1.29, 1.82) is 0 Å². The van der Waals surface area contributed by atoms with E-state index in [0.29, 0.717) is 5.88 Å². The highest BCUT2D eigenvalue weighted by molar-refractivity contribution is 6.17. The van der Waals surface area contributed by atoms with Crippen molar-refractivity contribution in [2.75, 3.05) is 5.88 Å². The monoisotopic (exact) mass is 234 g/mol. The summed E-state index contributed by atoms with van der Waals surface area (Å²) in [6.45, 7) is 4.16. The summed E-state index contributed by atoms with van der Waals surface area (Å²) in [6, 6.07) is 8.23. The van der Waals surface area contributed by atoms with Gasteiger partial charge in [0.2, 0.25) is 0 Å². The van der Waals surface area contributed by atoms with Gasteiger partial charge in [-0.1, -0.05) is 18.2 Å². The fourth-order valence-corrected chi connectivity index (χ4v) is 1.96. The largest absolute Gasteiger partial charge is 0.240 e. The molecule has 2 aromatic rings. The van der Waals surface area contributed by atoms with E-state index in [-0.39, 0.29) is 0 Å². The second-order valence-electron chi connectivity index (χ2n) is 3.93. The van der Waals surface area contributed by atoms with Crippen LogP contribution in [0.2, 0.25) is 0 Å². The molecule has 0 saturated carbocycles. The molecule has 1 aromatic carbocycles. The molecule has 0 amide bonds. The van der Waals surface area contributed by atoms with Crippen molar-refractivity contribution in [2.24, 2.45) is 0 Å². The lowest BCUT2D eigenvalue weighted by Crippen LogP contribution is -1.98. The summed E-state index contributed by atoms with van der Waals surface area (Å²) in [5, 5.41) is 4.56. The van der Waals surface area contributed by atoms with Gasteiger partial charge in [-0.05, 0) is 31.0 Å². The van der Waals surface area contributed by atoms with E-state index in [9.17, 15) is 0 Å². The first kappa shape index (κ1) is 11.2. The maximum absolute atomic E-state index is 5.75. The minimum absolute atomic E-state index is 0.617. The van der Waals surface area contributed by atoms with E-state index < -0.39 is 0 Å². The fourth-order valence-electron chi connectivity index (χ4n) is 1.78. The zero-order valence-electron chi connectivity index (χ0n) is 9.57. The molecule has 2 rings (SSSR count). The second kappa shape index (κ2) is 4.71. The number of alkyl halides is 1. The molecule has 0 aliphatic heterocycles. The Labute approximate surface area is 101 Å². The number of hydrogen-bond donors (Lipinski definition) is 0. The van der Waals surface area contributed by atoms with Gasteiger partial charge in [-0.3, -0.25) is 0 Å². The van der Waals surface area contributed by atoms with E-state index >= 15 is 0 Å². The van der Waals surface area contributed by atoms with Gasteiger partial charge in [0.25, 0.3) is 0 Å². The molecule has 3 heteroatoms. The molecule has 0 aliphatic rings. The lowest BCUT2D eigenvalue weighted by molar-refractivity contribution is 0.837. The summed E-state index contributed by atoms with van der Waals surface area (Å²) in [5.74, 6) is 0.617. The van der Waals surface area contributed by atoms with Gasteiger partial charge < -0.3 is 0 Å². The van der Waals surface area contributed by atoms with E-state index in [1.54, 1.807) is 0 Å². The predicted octanol–water partition coefficient (Wildman–Crippen LogP) is 3.27. The first-order chi connectivity index (χ1) is 7.72. The standard InChI is InChI=1S/C13H15ClN2/c1-10-5-3-4-6-13(10)16-9-11(2)12(15-16)7-8-14/h3-6,9H,7-8H2,1-2H3. The molecule has 84 valence electrons. The number of rotatable bonds is 3. The molecule has 0 bridgehead atoms. The zero-order chi connectivity index (χ0) is 11.5. The summed E-state index contributed by atoms with van der Waals surface area (Å²) >= 11 is 5.75. The smallest absolute Gasteiger partial charge is 0.0674 e. The van der Waals surface area contributed by atoms with Crippen molar-refractivity contribution >= 4 is 11.6 Å². The highest BCUT2D eigenvalue weighted by atomic mass is 35.5. The van der Waals surface area contributed by atoms with Gasteiger partial charge in [0.1, 0.15) is 0 Å². The topological polar surface area (TPSA) is 17.8 Å². The van der Waals surface area contributed by atoms with Crippen LogP contribution >= 0.6 is 11.6 Å². The van der Waals surface area contributed by atoms with Crippen molar-refractivity contribution < 1.29 is 0 Å². The van der Waals surface area contributed by atoms with Gasteiger partial charge in [0, 0.05) is 18.5 Å².